The summed E-state index contributed by atoms with van der Waals surface area (Å²) in [6.45, 7) is 5.21. The first-order valence-corrected chi connectivity index (χ1v) is 13.7. The summed E-state index contributed by atoms with van der Waals surface area (Å²) in [5, 5.41) is 3.50. The highest BCUT2D eigenvalue weighted by Gasteiger charge is 2.30. The highest BCUT2D eigenvalue weighted by Crippen LogP contribution is 2.31. The zero-order chi connectivity index (χ0) is 26.6. The average Bonchev–Trinajstić information content (AvgIpc) is 2.89. The summed E-state index contributed by atoms with van der Waals surface area (Å²) < 4.78 is 28.8. The van der Waals surface area contributed by atoms with Crippen LogP contribution in [0, 0.1) is 20.8 Å². The molecule has 4 aromatic carbocycles. The van der Waals surface area contributed by atoms with Crippen LogP contribution in [0.5, 0.6) is 0 Å². The van der Waals surface area contributed by atoms with E-state index in [2.05, 4.69) is 5.32 Å². The van der Waals surface area contributed by atoms with Gasteiger partial charge in [-0.3, -0.25) is 9.10 Å². The van der Waals surface area contributed by atoms with Crippen LogP contribution in [0.15, 0.2) is 102 Å². The Balaban J connectivity index is 1.73. The monoisotopic (exact) mass is 532 g/mol. The third-order valence-corrected chi connectivity index (χ3v) is 8.53. The molecule has 0 aliphatic heterocycles. The van der Waals surface area contributed by atoms with Crippen molar-refractivity contribution in [1.82, 2.24) is 5.32 Å². The molecule has 0 saturated heterocycles. The smallest absolute Gasteiger partial charge is 0.264 e. The molecule has 1 amide bonds. The molecule has 0 bridgehead atoms. The molecule has 0 spiro atoms. The van der Waals surface area contributed by atoms with Gasteiger partial charge in [-0.1, -0.05) is 90.0 Å². The Morgan fingerprint density at radius 1 is 0.838 bits per heavy atom. The number of nitrogens with zero attached hydrogens (tertiary/aromatic N) is 1. The van der Waals surface area contributed by atoms with Gasteiger partial charge in [0.15, 0.2) is 0 Å². The number of hydrogen-bond acceptors (Lipinski definition) is 3. The van der Waals surface area contributed by atoms with Gasteiger partial charge in [-0.25, -0.2) is 8.42 Å². The number of carbonyl (C=O) groups is 1. The molecule has 0 unspecified atom stereocenters. The second-order valence-corrected chi connectivity index (χ2v) is 11.2. The van der Waals surface area contributed by atoms with Crippen molar-refractivity contribution in [2.45, 2.75) is 31.7 Å². The molecule has 4 aromatic rings. The number of amides is 1. The first kappa shape index (κ1) is 26.5. The Bertz CT molecular complexity index is 1500. The van der Waals surface area contributed by atoms with E-state index >= 15 is 0 Å². The lowest BCUT2D eigenvalue weighted by Crippen LogP contribution is -2.42. The van der Waals surface area contributed by atoms with Crippen LogP contribution in [0.3, 0.4) is 0 Å². The molecule has 7 heteroatoms. The minimum absolute atomic E-state index is 0.101. The van der Waals surface area contributed by atoms with Crippen molar-refractivity contribution in [3.05, 3.63) is 130 Å². The zero-order valence-electron chi connectivity index (χ0n) is 21.0. The van der Waals surface area contributed by atoms with Crippen LogP contribution in [0.1, 0.15) is 33.9 Å². The molecule has 0 aliphatic carbocycles. The van der Waals surface area contributed by atoms with Crippen molar-refractivity contribution in [1.29, 1.82) is 0 Å². The lowest BCUT2D eigenvalue weighted by Gasteiger charge is -2.28. The van der Waals surface area contributed by atoms with E-state index in [0.29, 0.717) is 16.3 Å². The zero-order valence-corrected chi connectivity index (χ0v) is 22.6. The van der Waals surface area contributed by atoms with Crippen LogP contribution in [0.2, 0.25) is 5.02 Å². The maximum absolute atomic E-state index is 13.8. The highest BCUT2D eigenvalue weighted by molar-refractivity contribution is 7.92. The first-order chi connectivity index (χ1) is 17.7. The van der Waals surface area contributed by atoms with Gasteiger partial charge in [-0.05, 0) is 67.3 Å². The molecule has 0 aromatic heterocycles. The van der Waals surface area contributed by atoms with Gasteiger partial charge in [0.2, 0.25) is 5.91 Å². The van der Waals surface area contributed by atoms with Gasteiger partial charge in [0.25, 0.3) is 10.0 Å². The minimum atomic E-state index is -4.06. The van der Waals surface area contributed by atoms with Gasteiger partial charge < -0.3 is 5.32 Å². The number of hydrogen-bond donors (Lipinski definition) is 1. The second kappa shape index (κ2) is 11.2. The lowest BCUT2D eigenvalue weighted by molar-refractivity contribution is -0.120. The Morgan fingerprint density at radius 3 is 2.16 bits per heavy atom. The van der Waals surface area contributed by atoms with Crippen molar-refractivity contribution in [3.63, 3.8) is 0 Å². The third-order valence-electron chi connectivity index (χ3n) is 6.34. The van der Waals surface area contributed by atoms with E-state index in [-0.39, 0.29) is 4.90 Å². The van der Waals surface area contributed by atoms with Gasteiger partial charge in [0.1, 0.15) is 6.54 Å². The van der Waals surface area contributed by atoms with E-state index in [4.69, 9.17) is 11.6 Å². The van der Waals surface area contributed by atoms with Crippen LogP contribution >= 0.6 is 11.6 Å². The van der Waals surface area contributed by atoms with Crippen LogP contribution in [0.4, 0.5) is 5.69 Å². The molecule has 0 heterocycles. The van der Waals surface area contributed by atoms with E-state index in [1.165, 1.54) is 0 Å². The van der Waals surface area contributed by atoms with Crippen molar-refractivity contribution in [2.24, 2.45) is 0 Å². The molecule has 0 saturated carbocycles. The largest absolute Gasteiger partial charge is 0.344 e. The van der Waals surface area contributed by atoms with E-state index in [9.17, 15) is 13.2 Å². The molecule has 0 aliphatic rings. The number of sulfonamides is 1. The standard InChI is InChI=1S/C30H29ClN2O3S/c1-21-16-18-25(19-17-21)37(35,36)33(28-15-9-14-27(31)23(28)3)20-29(34)32-30(24-11-5-4-6-12-24)26-13-8-7-10-22(26)2/h4-19,30H,20H2,1-3H3,(H,32,34)/t30-/m1/s1. The van der Waals surface area contributed by atoms with Crippen LogP contribution in [-0.2, 0) is 14.8 Å². The maximum Gasteiger partial charge on any atom is 0.264 e. The number of benzene rings is 4. The number of anilines is 1. The third kappa shape index (κ3) is 5.87. The van der Waals surface area contributed by atoms with Crippen LogP contribution in [-0.4, -0.2) is 20.9 Å². The van der Waals surface area contributed by atoms with E-state index in [1.807, 2.05) is 68.4 Å². The summed E-state index contributed by atoms with van der Waals surface area (Å²) >= 11 is 6.35. The molecular formula is C30H29ClN2O3S. The summed E-state index contributed by atoms with van der Waals surface area (Å²) in [7, 11) is -4.06. The van der Waals surface area contributed by atoms with Crippen LogP contribution in [0.25, 0.3) is 0 Å². The molecule has 37 heavy (non-hydrogen) atoms. The minimum Gasteiger partial charge on any atom is -0.344 e. The maximum atomic E-state index is 13.8. The topological polar surface area (TPSA) is 66.5 Å². The Hall–Kier alpha value is -3.61. The van der Waals surface area contributed by atoms with E-state index < -0.39 is 28.5 Å². The number of halogens is 1. The first-order valence-electron chi connectivity index (χ1n) is 11.9. The Kier molecular flexibility index (Phi) is 8.00. The summed E-state index contributed by atoms with van der Waals surface area (Å²) in [6, 6.07) is 28.6. The van der Waals surface area contributed by atoms with Gasteiger partial charge >= 0.3 is 0 Å². The van der Waals surface area contributed by atoms with Crippen molar-refractivity contribution in [3.8, 4) is 0 Å². The fourth-order valence-electron chi connectivity index (χ4n) is 4.24. The summed E-state index contributed by atoms with van der Waals surface area (Å²) in [5.74, 6) is -0.438. The van der Waals surface area contributed by atoms with Crippen LogP contribution < -0.4 is 9.62 Å². The number of aryl methyl sites for hydroxylation is 2. The summed E-state index contributed by atoms with van der Waals surface area (Å²) in [4.78, 5) is 13.7. The Morgan fingerprint density at radius 2 is 1.49 bits per heavy atom. The molecule has 1 N–H and O–H groups in total. The predicted molar refractivity (Wildman–Crippen MR) is 150 cm³/mol. The molecule has 5 nitrogen and oxygen atoms in total. The molecule has 4 rings (SSSR count). The van der Waals surface area contributed by atoms with E-state index in [1.54, 1.807) is 49.4 Å². The van der Waals surface area contributed by atoms with Crippen molar-refractivity contribution in [2.75, 3.05) is 10.8 Å². The lowest BCUT2D eigenvalue weighted by atomic mass is 9.95. The normalized spacial score (nSPS) is 12.1. The number of rotatable bonds is 8. The summed E-state index contributed by atoms with van der Waals surface area (Å²) in [6.07, 6.45) is 0. The Labute approximate surface area is 223 Å². The molecule has 0 radical (unpaired) electrons. The summed E-state index contributed by atoms with van der Waals surface area (Å²) in [5.41, 5.74) is 4.73. The van der Waals surface area contributed by atoms with Gasteiger partial charge in [0.05, 0.1) is 16.6 Å². The fourth-order valence-corrected chi connectivity index (χ4v) is 5.89. The van der Waals surface area contributed by atoms with Crippen molar-refractivity contribution >= 4 is 33.2 Å². The van der Waals surface area contributed by atoms with E-state index in [0.717, 1.165) is 26.6 Å². The molecule has 190 valence electrons. The van der Waals surface area contributed by atoms with Gasteiger partial charge in [-0.15, -0.1) is 0 Å². The quantitative estimate of drug-likeness (QED) is 0.287. The average molecular weight is 533 g/mol. The number of carbonyl (C=O) groups excluding carboxylic acids is 1. The molecular weight excluding hydrogens is 504 g/mol. The number of nitrogens with one attached hydrogen (secondary N) is 1. The SMILES string of the molecule is Cc1ccc(S(=O)(=O)N(CC(=O)N[C@H](c2ccccc2)c2ccccc2C)c2cccc(Cl)c2C)cc1. The van der Waals surface area contributed by atoms with Gasteiger partial charge in [0, 0.05) is 5.02 Å². The van der Waals surface area contributed by atoms with Crippen molar-refractivity contribution < 1.29 is 13.2 Å². The molecule has 1 atom stereocenters. The fraction of sp³-hybridized carbons (Fsp3) is 0.167. The highest BCUT2D eigenvalue weighted by atomic mass is 35.5. The van der Waals surface area contributed by atoms with Gasteiger partial charge in [-0.2, -0.15) is 0 Å². The predicted octanol–water partition coefficient (Wildman–Crippen LogP) is 6.37. The second-order valence-electron chi connectivity index (χ2n) is 8.98. The molecule has 0 fully saturated rings.